The number of non-ortho nitro benzene ring substituents is 1. The molecule has 0 saturated carbocycles. The van der Waals surface area contributed by atoms with E-state index in [2.05, 4.69) is 4.74 Å². The fourth-order valence-corrected chi connectivity index (χ4v) is 1.05. The lowest BCUT2D eigenvalue weighted by Crippen LogP contribution is -2.27. The van der Waals surface area contributed by atoms with Crippen molar-refractivity contribution in [1.82, 2.24) is 0 Å². The quantitative estimate of drug-likeness (QED) is 0.538. The second-order valence-corrected chi connectivity index (χ2v) is 2.93. The topological polar surface area (TPSA) is 113 Å². The molecule has 0 saturated heterocycles. The Bertz CT molecular complexity index is 416. The van der Waals surface area contributed by atoms with Crippen LogP contribution >= 0.6 is 0 Å². The first-order valence-corrected chi connectivity index (χ1v) is 4.24. The monoisotopic (exact) mass is 226 g/mol. The van der Waals surface area contributed by atoms with Crippen molar-refractivity contribution in [3.8, 4) is 5.75 Å². The first-order chi connectivity index (χ1) is 7.50. The summed E-state index contributed by atoms with van der Waals surface area (Å²) < 4.78 is 4.65. The minimum absolute atomic E-state index is 0.149. The van der Waals surface area contributed by atoms with Gasteiger partial charge in [-0.05, 0) is 6.07 Å². The van der Waals surface area contributed by atoms with Gasteiger partial charge >= 0.3 is 0 Å². The highest BCUT2D eigenvalue weighted by molar-refractivity contribution is 5.65. The van der Waals surface area contributed by atoms with Gasteiger partial charge in [-0.2, -0.15) is 0 Å². The van der Waals surface area contributed by atoms with Crippen molar-refractivity contribution in [3.63, 3.8) is 0 Å². The number of carbonyl (C=O) groups is 1. The first-order valence-electron chi connectivity index (χ1n) is 4.24. The van der Waals surface area contributed by atoms with E-state index in [1.807, 2.05) is 0 Å². The van der Waals surface area contributed by atoms with Crippen LogP contribution in [0.4, 0.5) is 5.69 Å². The molecule has 1 aromatic carbocycles. The fraction of sp³-hybridized carbons (Fsp3) is 0.222. The molecule has 0 fully saturated rings. The number of carboxylic acid groups (broad SMARTS) is 1. The number of aromatic hydroxyl groups is 1. The summed E-state index contributed by atoms with van der Waals surface area (Å²) in [6.45, 7) is -0.871. The summed E-state index contributed by atoms with van der Waals surface area (Å²) in [4.78, 5) is 19.8. The fourth-order valence-electron chi connectivity index (χ4n) is 1.05. The highest BCUT2D eigenvalue weighted by Crippen LogP contribution is 2.23. The normalized spacial score (nSPS) is 10.0. The van der Waals surface area contributed by atoms with Gasteiger partial charge in [0.2, 0.25) is 0 Å². The van der Waals surface area contributed by atoms with Crippen LogP contribution in [0.15, 0.2) is 18.2 Å². The van der Waals surface area contributed by atoms with Crippen LogP contribution in [-0.2, 0) is 16.1 Å². The number of carboxylic acids is 1. The van der Waals surface area contributed by atoms with Gasteiger partial charge in [0.1, 0.15) is 5.75 Å². The average Bonchev–Trinajstić information content (AvgIpc) is 2.20. The molecule has 0 heterocycles. The minimum atomic E-state index is -1.40. The number of nitro benzene ring substituents is 1. The molecule has 0 unspecified atom stereocenters. The molecule has 86 valence electrons. The number of phenolic OH excluding ortho intramolecular Hbond substituents is 1. The van der Waals surface area contributed by atoms with Crippen LogP contribution in [-0.4, -0.2) is 22.6 Å². The van der Waals surface area contributed by atoms with E-state index in [9.17, 15) is 25.1 Å². The summed E-state index contributed by atoms with van der Waals surface area (Å²) in [6, 6.07) is 3.40. The Labute approximate surface area is 90.0 Å². The zero-order valence-corrected chi connectivity index (χ0v) is 8.08. The number of nitrogens with zero attached hydrogens (tertiary/aromatic N) is 1. The largest absolute Gasteiger partial charge is 0.548 e. The van der Waals surface area contributed by atoms with Crippen LogP contribution in [0.25, 0.3) is 0 Å². The highest BCUT2D eigenvalue weighted by atomic mass is 16.6. The molecule has 0 atom stereocenters. The number of benzene rings is 1. The summed E-state index contributed by atoms with van der Waals surface area (Å²) >= 11 is 0. The summed E-state index contributed by atoms with van der Waals surface area (Å²) in [6.07, 6.45) is 0. The molecule has 0 aliphatic rings. The van der Waals surface area contributed by atoms with Crippen LogP contribution in [0.1, 0.15) is 5.56 Å². The number of carbonyl (C=O) groups excluding carboxylic acids is 1. The molecule has 0 spiro atoms. The van der Waals surface area contributed by atoms with Gasteiger partial charge in [-0.15, -0.1) is 0 Å². The maximum atomic E-state index is 10.4. The molecule has 7 nitrogen and oxygen atoms in total. The summed E-state index contributed by atoms with van der Waals surface area (Å²) in [5.74, 6) is -1.59. The van der Waals surface area contributed by atoms with Crippen molar-refractivity contribution in [1.29, 1.82) is 0 Å². The van der Waals surface area contributed by atoms with E-state index in [4.69, 9.17) is 0 Å². The predicted molar refractivity (Wildman–Crippen MR) is 49.4 cm³/mol. The Hall–Kier alpha value is -2.15. The Kier molecular flexibility index (Phi) is 3.78. The Balaban J connectivity index is 2.74. The van der Waals surface area contributed by atoms with Crippen LogP contribution < -0.4 is 5.11 Å². The number of nitro groups is 1. The standard InChI is InChI=1S/C9H9NO6/c11-8-2-1-7(10(14)15)3-6(8)4-16-5-9(12)13/h1-3,11H,4-5H2,(H,12,13)/p-1. The van der Waals surface area contributed by atoms with Crippen LogP contribution in [0.2, 0.25) is 0 Å². The lowest BCUT2D eigenvalue weighted by atomic mass is 10.2. The highest BCUT2D eigenvalue weighted by Gasteiger charge is 2.10. The molecule has 0 aromatic heterocycles. The van der Waals surface area contributed by atoms with Crippen LogP contribution in [0.3, 0.4) is 0 Å². The van der Waals surface area contributed by atoms with Gasteiger partial charge in [0.25, 0.3) is 5.69 Å². The number of rotatable bonds is 5. The number of aliphatic carboxylic acids is 1. The zero-order chi connectivity index (χ0) is 12.1. The third-order valence-electron chi connectivity index (χ3n) is 1.75. The van der Waals surface area contributed by atoms with Gasteiger partial charge in [0, 0.05) is 17.7 Å². The maximum Gasteiger partial charge on any atom is 0.270 e. The molecule has 1 N–H and O–H groups in total. The molecule has 0 aliphatic carbocycles. The van der Waals surface area contributed by atoms with Gasteiger partial charge in [0.15, 0.2) is 0 Å². The lowest BCUT2D eigenvalue weighted by Gasteiger charge is -2.06. The molecule has 0 radical (unpaired) electrons. The molecule has 0 bridgehead atoms. The zero-order valence-electron chi connectivity index (χ0n) is 8.08. The van der Waals surface area contributed by atoms with Crippen molar-refractivity contribution in [3.05, 3.63) is 33.9 Å². The molecule has 7 heteroatoms. The van der Waals surface area contributed by atoms with E-state index in [0.717, 1.165) is 18.2 Å². The second kappa shape index (κ2) is 5.08. The van der Waals surface area contributed by atoms with Crippen molar-refractivity contribution < 1.29 is 24.7 Å². The summed E-state index contributed by atoms with van der Waals surface area (Å²) in [7, 11) is 0. The summed E-state index contributed by atoms with van der Waals surface area (Å²) in [5, 5.41) is 29.8. The van der Waals surface area contributed by atoms with E-state index < -0.39 is 17.5 Å². The van der Waals surface area contributed by atoms with Crippen molar-refractivity contribution in [2.45, 2.75) is 6.61 Å². The summed E-state index contributed by atoms with van der Waals surface area (Å²) in [5.41, 5.74) is -0.0553. The molecule has 16 heavy (non-hydrogen) atoms. The van der Waals surface area contributed by atoms with Gasteiger partial charge in [-0.25, -0.2) is 0 Å². The number of hydrogen-bond acceptors (Lipinski definition) is 6. The van der Waals surface area contributed by atoms with E-state index >= 15 is 0 Å². The van der Waals surface area contributed by atoms with Crippen molar-refractivity contribution in [2.75, 3.05) is 6.61 Å². The average molecular weight is 226 g/mol. The van der Waals surface area contributed by atoms with Gasteiger partial charge in [-0.3, -0.25) is 10.1 Å². The lowest BCUT2D eigenvalue weighted by molar-refractivity contribution is -0.385. The smallest absolute Gasteiger partial charge is 0.270 e. The van der Waals surface area contributed by atoms with E-state index in [1.165, 1.54) is 0 Å². The van der Waals surface area contributed by atoms with Gasteiger partial charge in [-0.1, -0.05) is 0 Å². The number of ether oxygens (including phenoxy) is 1. The Morgan fingerprint density at radius 1 is 1.50 bits per heavy atom. The van der Waals surface area contributed by atoms with Crippen molar-refractivity contribution in [2.24, 2.45) is 0 Å². The van der Waals surface area contributed by atoms with Gasteiger partial charge < -0.3 is 19.7 Å². The molecule has 1 rings (SSSR count). The third-order valence-corrected chi connectivity index (χ3v) is 1.75. The Morgan fingerprint density at radius 2 is 2.19 bits per heavy atom. The molecule has 0 aliphatic heterocycles. The minimum Gasteiger partial charge on any atom is -0.548 e. The second-order valence-electron chi connectivity index (χ2n) is 2.93. The van der Waals surface area contributed by atoms with Crippen molar-refractivity contribution >= 4 is 11.7 Å². The van der Waals surface area contributed by atoms with Crippen LogP contribution in [0.5, 0.6) is 5.75 Å². The Morgan fingerprint density at radius 3 is 2.75 bits per heavy atom. The number of phenols is 1. The van der Waals surface area contributed by atoms with Crippen LogP contribution in [0, 0.1) is 10.1 Å². The molecular formula is C9H8NO6-. The number of hydrogen-bond donors (Lipinski definition) is 1. The van der Waals surface area contributed by atoms with E-state index in [-0.39, 0.29) is 23.6 Å². The molecular weight excluding hydrogens is 218 g/mol. The SMILES string of the molecule is O=C([O-])COCc1cc([N+](=O)[O-])ccc1O. The third kappa shape index (κ3) is 3.21. The molecule has 1 aromatic rings. The first kappa shape index (κ1) is 11.9. The van der Waals surface area contributed by atoms with E-state index in [1.54, 1.807) is 0 Å². The van der Waals surface area contributed by atoms with E-state index in [0.29, 0.717) is 0 Å². The molecule has 0 amide bonds. The van der Waals surface area contributed by atoms with Gasteiger partial charge in [0.05, 0.1) is 24.1 Å². The predicted octanol–water partition coefficient (Wildman–Crippen LogP) is -0.433. The maximum absolute atomic E-state index is 10.4.